The maximum absolute atomic E-state index is 12.1. The summed E-state index contributed by atoms with van der Waals surface area (Å²) in [6.45, 7) is 4.11. The monoisotopic (exact) mass is 274 g/mol. The highest BCUT2D eigenvalue weighted by molar-refractivity contribution is 5.94. The molecule has 0 aliphatic carbocycles. The summed E-state index contributed by atoms with van der Waals surface area (Å²) < 4.78 is 5.44. The van der Waals surface area contributed by atoms with Gasteiger partial charge in [0, 0.05) is 24.7 Å². The molecule has 2 aromatic heterocycles. The summed E-state index contributed by atoms with van der Waals surface area (Å²) in [5, 5.41) is 5.71. The number of anilines is 1. The van der Waals surface area contributed by atoms with Gasteiger partial charge in [0.05, 0.1) is 12.7 Å². The van der Waals surface area contributed by atoms with E-state index in [1.54, 1.807) is 25.4 Å². The Labute approximate surface area is 117 Å². The molecule has 2 aromatic rings. The summed E-state index contributed by atoms with van der Waals surface area (Å²) in [6.07, 6.45) is 2.47. The van der Waals surface area contributed by atoms with Crippen LogP contribution in [-0.4, -0.2) is 22.9 Å². The van der Waals surface area contributed by atoms with E-state index >= 15 is 0 Å². The molecule has 20 heavy (non-hydrogen) atoms. The van der Waals surface area contributed by atoms with Gasteiger partial charge in [-0.3, -0.25) is 4.79 Å². The van der Waals surface area contributed by atoms with E-state index in [2.05, 4.69) is 20.6 Å². The number of carbonyl (C=O) groups excluding carboxylic acids is 1. The van der Waals surface area contributed by atoms with E-state index in [1.807, 2.05) is 13.8 Å². The van der Waals surface area contributed by atoms with Crippen LogP contribution in [0.5, 0.6) is 0 Å². The third kappa shape index (κ3) is 3.34. The van der Waals surface area contributed by atoms with Crippen molar-refractivity contribution < 1.29 is 9.21 Å². The molecular weight excluding hydrogens is 256 g/mol. The second kappa shape index (κ2) is 6.18. The Morgan fingerprint density at radius 3 is 2.85 bits per heavy atom. The summed E-state index contributed by atoms with van der Waals surface area (Å²) in [4.78, 5) is 20.4. The minimum Gasteiger partial charge on any atom is -0.444 e. The molecule has 0 fully saturated rings. The summed E-state index contributed by atoms with van der Waals surface area (Å²) in [5.74, 6) is 1.81. The summed E-state index contributed by atoms with van der Waals surface area (Å²) in [6, 6.07) is 3.44. The Morgan fingerprint density at radius 2 is 2.20 bits per heavy atom. The number of carbonyl (C=O) groups is 1. The van der Waals surface area contributed by atoms with Gasteiger partial charge in [0.1, 0.15) is 11.6 Å². The lowest BCUT2D eigenvalue weighted by Gasteiger charge is -2.06. The van der Waals surface area contributed by atoms with Gasteiger partial charge in [0.15, 0.2) is 0 Å². The molecule has 2 N–H and O–H groups in total. The van der Waals surface area contributed by atoms with Crippen LogP contribution in [0.1, 0.15) is 34.6 Å². The van der Waals surface area contributed by atoms with Crippen LogP contribution in [0.4, 0.5) is 5.82 Å². The van der Waals surface area contributed by atoms with Gasteiger partial charge in [-0.05, 0) is 19.1 Å². The first kappa shape index (κ1) is 14.0. The molecule has 1 amide bonds. The minimum atomic E-state index is -0.178. The number of hydrogen-bond donors (Lipinski definition) is 2. The Bertz CT molecular complexity index is 607. The van der Waals surface area contributed by atoms with E-state index in [4.69, 9.17) is 4.42 Å². The smallest absolute Gasteiger partial charge is 0.251 e. The number of pyridine rings is 1. The maximum Gasteiger partial charge on any atom is 0.251 e. The molecule has 0 aromatic carbocycles. The summed E-state index contributed by atoms with van der Waals surface area (Å²) in [5.41, 5.74) is 1.34. The Balaban J connectivity index is 2.02. The fourth-order valence-electron chi connectivity index (χ4n) is 1.78. The summed E-state index contributed by atoms with van der Waals surface area (Å²) >= 11 is 0. The van der Waals surface area contributed by atoms with E-state index in [-0.39, 0.29) is 12.5 Å². The van der Waals surface area contributed by atoms with Crippen LogP contribution in [0.15, 0.2) is 22.7 Å². The number of aromatic nitrogens is 2. The molecule has 0 bridgehead atoms. The highest BCUT2D eigenvalue weighted by Gasteiger charge is 2.10. The van der Waals surface area contributed by atoms with E-state index in [9.17, 15) is 4.79 Å². The summed E-state index contributed by atoms with van der Waals surface area (Å²) in [7, 11) is 1.77. The Hall–Kier alpha value is -2.37. The highest BCUT2D eigenvalue weighted by Crippen LogP contribution is 2.10. The standard InChI is InChI=1S/C14H18N4O2/c1-4-11-7-16-13(20-11)8-17-14(19)10-5-9(2)18-12(6-10)15-3/h5-7H,4,8H2,1-3H3,(H,15,18)(H,17,19). The lowest BCUT2D eigenvalue weighted by molar-refractivity contribution is 0.0947. The van der Waals surface area contributed by atoms with Crippen molar-refractivity contribution in [3.63, 3.8) is 0 Å². The normalized spacial score (nSPS) is 10.3. The van der Waals surface area contributed by atoms with Crippen LogP contribution in [0.3, 0.4) is 0 Å². The average Bonchev–Trinajstić information content (AvgIpc) is 2.92. The topological polar surface area (TPSA) is 80.0 Å². The quantitative estimate of drug-likeness (QED) is 0.870. The zero-order chi connectivity index (χ0) is 14.5. The van der Waals surface area contributed by atoms with Crippen molar-refractivity contribution in [1.29, 1.82) is 0 Å². The van der Waals surface area contributed by atoms with Gasteiger partial charge in [-0.1, -0.05) is 6.92 Å². The van der Waals surface area contributed by atoms with Gasteiger partial charge in [-0.15, -0.1) is 0 Å². The average molecular weight is 274 g/mol. The molecule has 0 saturated carbocycles. The third-order valence-corrected chi connectivity index (χ3v) is 2.82. The molecule has 0 spiro atoms. The van der Waals surface area contributed by atoms with Gasteiger partial charge in [-0.25, -0.2) is 9.97 Å². The molecule has 2 rings (SSSR count). The SMILES string of the molecule is CCc1cnc(CNC(=O)c2cc(C)nc(NC)c2)o1. The number of hydrogen-bond acceptors (Lipinski definition) is 5. The van der Waals surface area contributed by atoms with Crippen LogP contribution in [0.25, 0.3) is 0 Å². The van der Waals surface area contributed by atoms with Crippen molar-refractivity contribution in [2.24, 2.45) is 0 Å². The number of rotatable bonds is 5. The first-order chi connectivity index (χ1) is 9.62. The molecule has 0 aliphatic rings. The molecule has 106 valence electrons. The third-order valence-electron chi connectivity index (χ3n) is 2.82. The van der Waals surface area contributed by atoms with Gasteiger partial charge in [-0.2, -0.15) is 0 Å². The van der Waals surface area contributed by atoms with Crippen molar-refractivity contribution in [3.8, 4) is 0 Å². The van der Waals surface area contributed by atoms with Crippen molar-refractivity contribution in [2.75, 3.05) is 12.4 Å². The molecular formula is C14H18N4O2. The van der Waals surface area contributed by atoms with Crippen molar-refractivity contribution in [1.82, 2.24) is 15.3 Å². The Morgan fingerprint density at radius 1 is 1.40 bits per heavy atom. The number of amides is 1. The lowest BCUT2D eigenvalue weighted by atomic mass is 10.2. The van der Waals surface area contributed by atoms with Gasteiger partial charge >= 0.3 is 0 Å². The lowest BCUT2D eigenvalue weighted by Crippen LogP contribution is -2.23. The van der Waals surface area contributed by atoms with E-state index < -0.39 is 0 Å². The molecule has 6 nitrogen and oxygen atoms in total. The van der Waals surface area contributed by atoms with Gasteiger partial charge in [0.25, 0.3) is 5.91 Å². The van der Waals surface area contributed by atoms with Crippen molar-refractivity contribution in [2.45, 2.75) is 26.8 Å². The maximum atomic E-state index is 12.1. The first-order valence-electron chi connectivity index (χ1n) is 6.50. The molecule has 6 heteroatoms. The zero-order valence-electron chi connectivity index (χ0n) is 11.9. The predicted molar refractivity (Wildman–Crippen MR) is 75.6 cm³/mol. The molecule has 2 heterocycles. The number of oxazole rings is 1. The van der Waals surface area contributed by atoms with E-state index in [0.717, 1.165) is 17.9 Å². The Kier molecular flexibility index (Phi) is 4.34. The second-order valence-corrected chi connectivity index (χ2v) is 4.39. The number of nitrogens with zero attached hydrogens (tertiary/aromatic N) is 2. The van der Waals surface area contributed by atoms with Gasteiger partial charge < -0.3 is 15.1 Å². The molecule has 0 radical (unpaired) electrons. The predicted octanol–water partition coefficient (Wildman–Crippen LogP) is 1.91. The molecule has 0 saturated heterocycles. The highest BCUT2D eigenvalue weighted by atomic mass is 16.4. The fourth-order valence-corrected chi connectivity index (χ4v) is 1.78. The van der Waals surface area contributed by atoms with E-state index in [1.165, 1.54) is 0 Å². The second-order valence-electron chi connectivity index (χ2n) is 4.39. The van der Waals surface area contributed by atoms with E-state index in [0.29, 0.717) is 17.3 Å². The fraction of sp³-hybridized carbons (Fsp3) is 0.357. The largest absolute Gasteiger partial charge is 0.444 e. The van der Waals surface area contributed by atoms with Crippen molar-refractivity contribution >= 4 is 11.7 Å². The molecule has 0 atom stereocenters. The van der Waals surface area contributed by atoms with Crippen LogP contribution in [0.2, 0.25) is 0 Å². The van der Waals surface area contributed by atoms with Crippen LogP contribution < -0.4 is 10.6 Å². The van der Waals surface area contributed by atoms with Crippen LogP contribution >= 0.6 is 0 Å². The zero-order valence-corrected chi connectivity index (χ0v) is 11.9. The number of nitrogens with one attached hydrogen (secondary N) is 2. The van der Waals surface area contributed by atoms with Gasteiger partial charge in [0.2, 0.25) is 5.89 Å². The number of aryl methyl sites for hydroxylation is 2. The van der Waals surface area contributed by atoms with Crippen LogP contribution in [0, 0.1) is 6.92 Å². The van der Waals surface area contributed by atoms with Crippen LogP contribution in [-0.2, 0) is 13.0 Å². The first-order valence-corrected chi connectivity index (χ1v) is 6.50. The van der Waals surface area contributed by atoms with Crippen molar-refractivity contribution in [3.05, 3.63) is 41.2 Å². The molecule has 0 aliphatic heterocycles. The molecule has 0 unspecified atom stereocenters. The minimum absolute atomic E-state index is 0.178.